The van der Waals surface area contributed by atoms with Crippen LogP contribution in [0.5, 0.6) is 0 Å². The highest BCUT2D eigenvalue weighted by molar-refractivity contribution is 5.83. The number of esters is 1. The molecule has 23 heavy (non-hydrogen) atoms. The molecule has 1 fully saturated rings. The molecule has 1 aromatic rings. The molecule has 128 valence electrons. The Hall–Kier alpha value is -1.35. The number of nitrogens with zero attached hydrogens (tertiary/aromatic N) is 1. The van der Waals surface area contributed by atoms with E-state index in [1.165, 1.54) is 6.42 Å². The van der Waals surface area contributed by atoms with Crippen molar-refractivity contribution < 1.29 is 14.0 Å². The first-order valence-corrected chi connectivity index (χ1v) is 9.12. The summed E-state index contributed by atoms with van der Waals surface area (Å²) in [5.74, 6) is -0.0119. The summed E-state index contributed by atoms with van der Waals surface area (Å²) in [7, 11) is 2.22. The minimum Gasteiger partial charge on any atom is -0.459 e. The number of rotatable bonds is 7. The number of ether oxygens (including phenoxy) is 1. The van der Waals surface area contributed by atoms with Gasteiger partial charge in [-0.2, -0.15) is 0 Å². The Balaban J connectivity index is 2.07. The van der Waals surface area contributed by atoms with Crippen LogP contribution in [0.4, 0.5) is 0 Å². The van der Waals surface area contributed by atoms with E-state index in [2.05, 4.69) is 33.0 Å². The van der Waals surface area contributed by atoms with E-state index in [0.717, 1.165) is 55.4 Å². The van der Waals surface area contributed by atoms with Gasteiger partial charge >= 0.3 is 5.97 Å². The predicted octanol–water partition coefficient (Wildman–Crippen LogP) is 3.92. The van der Waals surface area contributed by atoms with Crippen LogP contribution in [0.1, 0.15) is 51.5 Å². The van der Waals surface area contributed by atoms with Gasteiger partial charge < -0.3 is 9.22 Å². The lowest BCUT2D eigenvalue weighted by molar-refractivity contribution is -0.906. The van der Waals surface area contributed by atoms with Gasteiger partial charge in [0.1, 0.15) is 13.2 Å². The van der Waals surface area contributed by atoms with Crippen LogP contribution < -0.4 is 0 Å². The summed E-state index contributed by atoms with van der Waals surface area (Å²) in [6.07, 6.45) is 5.29. The molecular formula is C20H32NO2+. The molecule has 3 nitrogen and oxygen atoms in total. The maximum Gasteiger partial charge on any atom is 0.316 e. The fourth-order valence-corrected chi connectivity index (χ4v) is 3.56. The predicted molar refractivity (Wildman–Crippen MR) is 94.3 cm³/mol. The van der Waals surface area contributed by atoms with E-state index in [0.29, 0.717) is 6.61 Å². The molecule has 1 aromatic carbocycles. The van der Waals surface area contributed by atoms with E-state index in [1.54, 1.807) is 0 Å². The maximum absolute atomic E-state index is 13.0. The zero-order valence-corrected chi connectivity index (χ0v) is 15.0. The number of benzene rings is 1. The van der Waals surface area contributed by atoms with Crippen LogP contribution in [-0.2, 0) is 14.9 Å². The Morgan fingerprint density at radius 3 is 2.26 bits per heavy atom. The van der Waals surface area contributed by atoms with Crippen LogP contribution in [-0.4, -0.2) is 43.7 Å². The van der Waals surface area contributed by atoms with Gasteiger partial charge in [0.2, 0.25) is 0 Å². The highest BCUT2D eigenvalue weighted by Gasteiger charge is 2.42. The number of hydrogen-bond acceptors (Lipinski definition) is 2. The van der Waals surface area contributed by atoms with E-state index in [-0.39, 0.29) is 5.97 Å². The lowest BCUT2D eigenvalue weighted by Gasteiger charge is -2.36. The monoisotopic (exact) mass is 318 g/mol. The zero-order valence-electron chi connectivity index (χ0n) is 15.0. The molecule has 0 saturated heterocycles. The Bertz CT molecular complexity index is 488. The van der Waals surface area contributed by atoms with Gasteiger partial charge in [-0.15, -0.1) is 0 Å². The van der Waals surface area contributed by atoms with Crippen molar-refractivity contribution in [3.63, 3.8) is 0 Å². The largest absolute Gasteiger partial charge is 0.459 e. The molecule has 0 bridgehead atoms. The molecule has 0 spiro atoms. The topological polar surface area (TPSA) is 26.3 Å². The van der Waals surface area contributed by atoms with Crippen molar-refractivity contribution >= 4 is 5.97 Å². The van der Waals surface area contributed by atoms with Gasteiger partial charge in [0, 0.05) is 0 Å². The number of likely N-dealkylation sites (N-methyl/N-ethyl adjacent to an activating group) is 1. The quantitative estimate of drug-likeness (QED) is 0.563. The lowest BCUT2D eigenvalue weighted by atomic mass is 9.69. The molecule has 0 aromatic heterocycles. The van der Waals surface area contributed by atoms with Crippen molar-refractivity contribution in [3.8, 4) is 0 Å². The van der Waals surface area contributed by atoms with Crippen molar-refractivity contribution in [2.75, 3.05) is 33.3 Å². The number of quaternary nitrogens is 1. The van der Waals surface area contributed by atoms with Gasteiger partial charge in [-0.3, -0.25) is 4.79 Å². The Morgan fingerprint density at radius 2 is 1.70 bits per heavy atom. The van der Waals surface area contributed by atoms with Crippen LogP contribution in [0, 0.1) is 0 Å². The van der Waals surface area contributed by atoms with Gasteiger partial charge in [-0.25, -0.2) is 0 Å². The Labute approximate surface area is 141 Å². The molecular weight excluding hydrogens is 286 g/mol. The summed E-state index contributed by atoms with van der Waals surface area (Å²) >= 11 is 0. The van der Waals surface area contributed by atoms with Crippen LogP contribution >= 0.6 is 0 Å². The Morgan fingerprint density at radius 1 is 1.09 bits per heavy atom. The molecule has 0 N–H and O–H groups in total. The molecule has 2 rings (SSSR count). The number of carbonyl (C=O) groups is 1. The second-order valence-electron chi connectivity index (χ2n) is 7.12. The smallest absolute Gasteiger partial charge is 0.316 e. The molecule has 0 radical (unpaired) electrons. The van der Waals surface area contributed by atoms with E-state index >= 15 is 0 Å². The van der Waals surface area contributed by atoms with E-state index in [4.69, 9.17) is 4.74 Å². The average Bonchev–Trinajstić information content (AvgIpc) is 2.62. The van der Waals surface area contributed by atoms with Crippen molar-refractivity contribution in [1.82, 2.24) is 0 Å². The van der Waals surface area contributed by atoms with Crippen LogP contribution in [0.25, 0.3) is 0 Å². The third-order valence-electron chi connectivity index (χ3n) is 5.82. The molecule has 3 heteroatoms. The molecule has 1 aliphatic rings. The minimum atomic E-state index is -0.415. The zero-order chi connectivity index (χ0) is 16.8. The third-order valence-corrected chi connectivity index (χ3v) is 5.82. The van der Waals surface area contributed by atoms with Crippen LogP contribution in [0.3, 0.4) is 0 Å². The fourth-order valence-electron chi connectivity index (χ4n) is 3.56. The highest BCUT2D eigenvalue weighted by atomic mass is 16.5. The van der Waals surface area contributed by atoms with Gasteiger partial charge in [0.05, 0.1) is 25.6 Å². The van der Waals surface area contributed by atoms with Crippen LogP contribution in [0.15, 0.2) is 30.3 Å². The van der Waals surface area contributed by atoms with Crippen LogP contribution in [0.2, 0.25) is 0 Å². The summed E-state index contributed by atoms with van der Waals surface area (Å²) in [5, 5.41) is 0. The van der Waals surface area contributed by atoms with Crippen molar-refractivity contribution in [1.29, 1.82) is 0 Å². The summed E-state index contributed by atoms with van der Waals surface area (Å²) in [5.41, 5.74) is 0.717. The lowest BCUT2D eigenvalue weighted by Crippen LogP contribution is -2.47. The standard InChI is InChI=1S/C20H32NO2/c1-4-21(3,5-2)16-17-23-19(22)20(14-10-7-11-15-20)18-12-8-6-9-13-18/h6,8-9,12-13H,4-5,7,10-11,14-17H2,1-3H3/q+1. The molecule has 0 atom stereocenters. The second kappa shape index (κ2) is 7.96. The first-order chi connectivity index (χ1) is 11.1. The summed E-state index contributed by atoms with van der Waals surface area (Å²) in [6, 6.07) is 10.2. The Kier molecular flexibility index (Phi) is 6.23. The summed E-state index contributed by atoms with van der Waals surface area (Å²) in [4.78, 5) is 13.0. The molecule has 0 amide bonds. The normalized spacial score (nSPS) is 17.7. The average molecular weight is 318 g/mol. The number of carbonyl (C=O) groups excluding carboxylic acids is 1. The van der Waals surface area contributed by atoms with Gasteiger partial charge in [0.15, 0.2) is 0 Å². The van der Waals surface area contributed by atoms with E-state index in [9.17, 15) is 4.79 Å². The first-order valence-electron chi connectivity index (χ1n) is 9.12. The van der Waals surface area contributed by atoms with E-state index < -0.39 is 5.41 Å². The fraction of sp³-hybridized carbons (Fsp3) is 0.650. The number of hydrogen-bond donors (Lipinski definition) is 0. The van der Waals surface area contributed by atoms with E-state index in [1.807, 2.05) is 18.2 Å². The van der Waals surface area contributed by atoms with Gasteiger partial charge in [-0.05, 0) is 32.3 Å². The maximum atomic E-state index is 13.0. The molecule has 0 aliphatic heterocycles. The molecule has 0 unspecified atom stereocenters. The first kappa shape index (κ1) is 18.0. The minimum absolute atomic E-state index is 0.0119. The van der Waals surface area contributed by atoms with Gasteiger partial charge in [0.25, 0.3) is 0 Å². The SMILES string of the molecule is CC[N+](C)(CC)CCOC(=O)C1(c2ccccc2)CCCCC1. The molecule has 1 aliphatic carbocycles. The molecule has 1 saturated carbocycles. The molecule has 0 heterocycles. The summed E-state index contributed by atoms with van der Waals surface area (Å²) < 4.78 is 6.73. The highest BCUT2D eigenvalue weighted by Crippen LogP contribution is 2.40. The second-order valence-corrected chi connectivity index (χ2v) is 7.12. The van der Waals surface area contributed by atoms with Gasteiger partial charge in [-0.1, -0.05) is 49.6 Å². The van der Waals surface area contributed by atoms with Crippen molar-refractivity contribution in [2.45, 2.75) is 51.4 Å². The third kappa shape index (κ3) is 4.14. The summed E-state index contributed by atoms with van der Waals surface area (Å²) in [6.45, 7) is 7.93. The van der Waals surface area contributed by atoms with Crippen molar-refractivity contribution in [3.05, 3.63) is 35.9 Å². The van der Waals surface area contributed by atoms with Crippen molar-refractivity contribution in [2.24, 2.45) is 0 Å².